The van der Waals surface area contributed by atoms with Crippen molar-refractivity contribution in [3.05, 3.63) is 24.1 Å². The highest BCUT2D eigenvalue weighted by Gasteiger charge is 1.94. The van der Waals surface area contributed by atoms with E-state index < -0.39 is 0 Å². The molecule has 0 spiro atoms. The first-order valence-electron chi connectivity index (χ1n) is 3.29. The van der Waals surface area contributed by atoms with Crippen molar-refractivity contribution in [2.24, 2.45) is 4.99 Å². The lowest BCUT2D eigenvalue weighted by atomic mass is 10.3. The Morgan fingerprint density at radius 1 is 1.70 bits per heavy atom. The molecule has 2 heteroatoms. The molecule has 0 atom stereocenters. The Labute approximate surface area is 61.6 Å². The van der Waals surface area contributed by atoms with Gasteiger partial charge >= 0.3 is 0 Å². The van der Waals surface area contributed by atoms with Gasteiger partial charge in [0.2, 0.25) is 0 Å². The maximum Gasteiger partial charge on any atom is 0.136 e. The second-order valence-electron chi connectivity index (χ2n) is 1.78. The molecule has 0 saturated heterocycles. The fourth-order valence-electron chi connectivity index (χ4n) is 0.612. The smallest absolute Gasteiger partial charge is 0.136 e. The molecule has 0 amide bonds. The van der Waals surface area contributed by atoms with Gasteiger partial charge in [0.15, 0.2) is 0 Å². The Balaban J connectivity index is 4.44. The van der Waals surface area contributed by atoms with Crippen LogP contribution >= 0.6 is 0 Å². The van der Waals surface area contributed by atoms with E-state index in [0.717, 1.165) is 6.42 Å². The number of rotatable bonds is 3. The minimum atomic E-state index is 0.167. The van der Waals surface area contributed by atoms with Crippen LogP contribution in [0.4, 0.5) is 0 Å². The number of nitrogens with zero attached hydrogens (tertiary/aromatic N) is 1. The minimum absolute atomic E-state index is 0.167. The molecule has 10 heavy (non-hydrogen) atoms. The first-order valence-corrected chi connectivity index (χ1v) is 3.29. The molecule has 56 valence electrons. The average molecular weight is 139 g/mol. The fourth-order valence-corrected chi connectivity index (χ4v) is 0.612. The molecule has 0 aromatic rings. The predicted octanol–water partition coefficient (Wildman–Crippen LogP) is 2.44. The minimum Gasteiger partial charge on any atom is -0.506 e. The van der Waals surface area contributed by atoms with Crippen LogP contribution in [0.5, 0.6) is 0 Å². The Hall–Kier alpha value is -1.05. The fraction of sp³-hybridized carbons (Fsp3) is 0.375. The number of aliphatic imine (C=N–C) groups is 1. The van der Waals surface area contributed by atoms with Crippen molar-refractivity contribution in [2.45, 2.75) is 20.3 Å². The highest BCUT2D eigenvalue weighted by molar-refractivity contribution is 5.55. The number of hydrogen-bond acceptors (Lipinski definition) is 2. The van der Waals surface area contributed by atoms with Crippen LogP contribution < -0.4 is 0 Å². The molecule has 0 aliphatic heterocycles. The van der Waals surface area contributed by atoms with Gasteiger partial charge in [0.05, 0.1) is 5.70 Å². The van der Waals surface area contributed by atoms with Gasteiger partial charge in [-0.3, -0.25) is 4.99 Å². The molecular formula is C8H13NO. The maximum atomic E-state index is 9.10. The summed E-state index contributed by atoms with van der Waals surface area (Å²) in [5.41, 5.74) is 0.678. The quantitative estimate of drug-likeness (QED) is 0.363. The van der Waals surface area contributed by atoms with E-state index in [1.807, 2.05) is 13.8 Å². The Bertz CT molecular complexity index is 168. The van der Waals surface area contributed by atoms with Gasteiger partial charge in [-0.1, -0.05) is 13.5 Å². The summed E-state index contributed by atoms with van der Waals surface area (Å²) < 4.78 is 0. The van der Waals surface area contributed by atoms with Crippen LogP contribution in [0.15, 0.2) is 29.1 Å². The van der Waals surface area contributed by atoms with Gasteiger partial charge in [-0.15, -0.1) is 0 Å². The van der Waals surface area contributed by atoms with Crippen molar-refractivity contribution < 1.29 is 5.11 Å². The zero-order valence-corrected chi connectivity index (χ0v) is 6.46. The van der Waals surface area contributed by atoms with E-state index in [1.54, 1.807) is 6.21 Å². The zero-order valence-electron chi connectivity index (χ0n) is 6.46. The third-order valence-electron chi connectivity index (χ3n) is 1.11. The first kappa shape index (κ1) is 8.95. The van der Waals surface area contributed by atoms with Crippen LogP contribution in [0.3, 0.4) is 0 Å². The van der Waals surface area contributed by atoms with Crippen LogP contribution in [-0.4, -0.2) is 11.3 Å². The molecule has 2 nitrogen and oxygen atoms in total. The Morgan fingerprint density at radius 2 is 2.30 bits per heavy atom. The summed E-state index contributed by atoms with van der Waals surface area (Å²) in [4.78, 5) is 3.95. The molecule has 0 fully saturated rings. The molecule has 0 aromatic carbocycles. The molecule has 1 N–H and O–H groups in total. The van der Waals surface area contributed by atoms with Crippen molar-refractivity contribution in [2.75, 3.05) is 0 Å². The summed E-state index contributed by atoms with van der Waals surface area (Å²) in [6, 6.07) is 0. The van der Waals surface area contributed by atoms with Gasteiger partial charge < -0.3 is 5.11 Å². The highest BCUT2D eigenvalue weighted by atomic mass is 16.3. The van der Waals surface area contributed by atoms with Crippen molar-refractivity contribution in [3.63, 3.8) is 0 Å². The lowest BCUT2D eigenvalue weighted by molar-refractivity contribution is 0.423. The largest absolute Gasteiger partial charge is 0.506 e. The SMILES string of the molecule is C=C/C(O)=C(/CC)N=CC. The van der Waals surface area contributed by atoms with E-state index in [9.17, 15) is 0 Å². The second kappa shape index (κ2) is 4.79. The van der Waals surface area contributed by atoms with Gasteiger partial charge in [-0.05, 0) is 19.4 Å². The molecule has 0 saturated carbocycles. The van der Waals surface area contributed by atoms with E-state index in [4.69, 9.17) is 5.11 Å². The van der Waals surface area contributed by atoms with E-state index in [-0.39, 0.29) is 5.76 Å². The van der Waals surface area contributed by atoms with Crippen molar-refractivity contribution in [3.8, 4) is 0 Å². The molecule has 0 heterocycles. The van der Waals surface area contributed by atoms with Crippen molar-refractivity contribution in [1.29, 1.82) is 0 Å². The zero-order chi connectivity index (χ0) is 7.98. The summed E-state index contributed by atoms with van der Waals surface area (Å²) in [5, 5.41) is 9.10. The second-order valence-corrected chi connectivity index (χ2v) is 1.78. The topological polar surface area (TPSA) is 32.6 Å². The summed E-state index contributed by atoms with van der Waals surface area (Å²) >= 11 is 0. The number of hydrogen-bond donors (Lipinski definition) is 1. The third kappa shape index (κ3) is 2.49. The summed E-state index contributed by atoms with van der Waals surface area (Å²) in [6.45, 7) is 7.17. The van der Waals surface area contributed by atoms with Crippen molar-refractivity contribution in [1.82, 2.24) is 0 Å². The van der Waals surface area contributed by atoms with Gasteiger partial charge in [0.25, 0.3) is 0 Å². The predicted molar refractivity (Wildman–Crippen MR) is 44.3 cm³/mol. The summed E-state index contributed by atoms with van der Waals surface area (Å²) in [6.07, 6.45) is 3.77. The summed E-state index contributed by atoms with van der Waals surface area (Å²) in [5.74, 6) is 0.167. The van der Waals surface area contributed by atoms with E-state index in [1.165, 1.54) is 6.08 Å². The molecule has 0 rings (SSSR count). The molecule has 0 aliphatic carbocycles. The molecule has 0 aromatic heterocycles. The number of allylic oxidation sites excluding steroid dienone is 2. The van der Waals surface area contributed by atoms with Crippen LogP contribution in [-0.2, 0) is 0 Å². The first-order chi connectivity index (χ1) is 4.76. The average Bonchev–Trinajstić information content (AvgIpc) is 1.99. The third-order valence-corrected chi connectivity index (χ3v) is 1.11. The normalized spacial score (nSPS) is 13.4. The lowest BCUT2D eigenvalue weighted by Gasteiger charge is -1.96. The van der Waals surface area contributed by atoms with Crippen LogP contribution in [0.2, 0.25) is 0 Å². The highest BCUT2D eigenvalue weighted by Crippen LogP contribution is 2.07. The molecule has 0 unspecified atom stereocenters. The van der Waals surface area contributed by atoms with Crippen LogP contribution in [0, 0.1) is 0 Å². The van der Waals surface area contributed by atoms with Gasteiger partial charge in [-0.25, -0.2) is 0 Å². The molecule has 0 aliphatic rings. The summed E-state index contributed by atoms with van der Waals surface area (Å²) in [7, 11) is 0. The monoisotopic (exact) mass is 139 g/mol. The number of aliphatic hydroxyl groups excluding tert-OH is 1. The van der Waals surface area contributed by atoms with Crippen LogP contribution in [0.1, 0.15) is 20.3 Å². The standard InChI is InChI=1S/C8H13NO/c1-4-7(9-6-3)8(10)5-2/h5-6,10H,2,4H2,1,3H3/b8-7+,9-6?. The van der Waals surface area contributed by atoms with Crippen molar-refractivity contribution >= 4 is 6.21 Å². The van der Waals surface area contributed by atoms with Crippen LogP contribution in [0.25, 0.3) is 0 Å². The van der Waals surface area contributed by atoms with Gasteiger partial charge in [0, 0.05) is 6.21 Å². The number of aliphatic hydroxyl groups is 1. The Kier molecular flexibility index (Phi) is 4.29. The van der Waals surface area contributed by atoms with E-state index in [2.05, 4.69) is 11.6 Å². The van der Waals surface area contributed by atoms with E-state index >= 15 is 0 Å². The maximum absolute atomic E-state index is 9.10. The van der Waals surface area contributed by atoms with Gasteiger partial charge in [0.1, 0.15) is 5.76 Å². The molecule has 0 bridgehead atoms. The molecular weight excluding hydrogens is 126 g/mol. The van der Waals surface area contributed by atoms with Gasteiger partial charge in [-0.2, -0.15) is 0 Å². The Morgan fingerprint density at radius 3 is 2.60 bits per heavy atom. The lowest BCUT2D eigenvalue weighted by Crippen LogP contribution is -1.83. The van der Waals surface area contributed by atoms with E-state index in [0.29, 0.717) is 5.70 Å². The molecule has 0 radical (unpaired) electrons.